The Morgan fingerprint density at radius 1 is 1.20 bits per heavy atom. The number of hydrogen-bond acceptors (Lipinski definition) is 6. The van der Waals surface area contributed by atoms with E-state index in [0.29, 0.717) is 34.1 Å². The van der Waals surface area contributed by atoms with Crippen molar-refractivity contribution in [1.29, 1.82) is 0 Å². The van der Waals surface area contributed by atoms with E-state index >= 15 is 0 Å². The maximum atomic E-state index is 12.9. The number of ether oxygens (including phenoxy) is 1. The number of thiophene rings is 1. The van der Waals surface area contributed by atoms with Crippen LogP contribution in [-0.4, -0.2) is 32.8 Å². The molecule has 0 radical (unpaired) electrons. The molecule has 3 heterocycles. The number of hydrogen-bond donors (Lipinski definition) is 2. The Morgan fingerprint density at radius 2 is 2.00 bits per heavy atom. The van der Waals surface area contributed by atoms with Crippen LogP contribution in [0.25, 0.3) is 16.5 Å². The van der Waals surface area contributed by atoms with Crippen LogP contribution in [0.2, 0.25) is 0 Å². The van der Waals surface area contributed by atoms with Crippen molar-refractivity contribution in [2.45, 2.75) is 13.8 Å². The SMILES string of the molecule is COc1ccccc1C(=O)Nc1cc(-c2cccs2)nn1-c1nc(C)c(C)c(=O)[nH]1. The van der Waals surface area contributed by atoms with Gasteiger partial charge in [0.05, 0.1) is 17.6 Å². The number of para-hydroxylation sites is 1. The molecule has 4 aromatic rings. The van der Waals surface area contributed by atoms with Gasteiger partial charge in [0.15, 0.2) is 0 Å². The normalized spacial score (nSPS) is 10.8. The summed E-state index contributed by atoms with van der Waals surface area (Å²) in [7, 11) is 1.51. The minimum Gasteiger partial charge on any atom is -0.496 e. The number of nitrogens with one attached hydrogen (secondary N) is 2. The molecule has 4 rings (SSSR count). The van der Waals surface area contributed by atoms with Crippen molar-refractivity contribution >= 4 is 23.1 Å². The lowest BCUT2D eigenvalue weighted by molar-refractivity contribution is 0.102. The van der Waals surface area contributed by atoms with E-state index < -0.39 is 0 Å². The highest BCUT2D eigenvalue weighted by atomic mass is 32.1. The smallest absolute Gasteiger partial charge is 0.260 e. The van der Waals surface area contributed by atoms with Crippen molar-refractivity contribution in [2.75, 3.05) is 12.4 Å². The van der Waals surface area contributed by atoms with Crippen LogP contribution in [0.5, 0.6) is 5.75 Å². The van der Waals surface area contributed by atoms with Crippen molar-refractivity contribution in [1.82, 2.24) is 19.7 Å². The van der Waals surface area contributed by atoms with Crippen molar-refractivity contribution in [2.24, 2.45) is 0 Å². The Kier molecular flexibility index (Phi) is 5.20. The Bertz CT molecular complexity index is 1270. The van der Waals surface area contributed by atoms with Crippen LogP contribution in [0, 0.1) is 13.8 Å². The Balaban J connectivity index is 1.80. The van der Waals surface area contributed by atoms with Crippen molar-refractivity contribution in [3.63, 3.8) is 0 Å². The highest BCUT2D eigenvalue weighted by Crippen LogP contribution is 2.28. The number of aryl methyl sites for hydroxylation is 1. The van der Waals surface area contributed by atoms with E-state index in [4.69, 9.17) is 4.74 Å². The van der Waals surface area contributed by atoms with E-state index in [0.717, 1.165) is 4.88 Å². The first-order chi connectivity index (χ1) is 14.5. The number of rotatable bonds is 5. The van der Waals surface area contributed by atoms with Crippen LogP contribution < -0.4 is 15.6 Å². The van der Waals surface area contributed by atoms with E-state index in [9.17, 15) is 9.59 Å². The molecule has 0 unspecified atom stereocenters. The number of carbonyl (C=O) groups excluding carboxylic acids is 1. The molecule has 0 aliphatic heterocycles. The molecule has 0 saturated carbocycles. The molecule has 0 spiro atoms. The van der Waals surface area contributed by atoms with Gasteiger partial charge in [-0.3, -0.25) is 14.6 Å². The van der Waals surface area contributed by atoms with Gasteiger partial charge in [-0.25, -0.2) is 4.98 Å². The zero-order valence-electron chi connectivity index (χ0n) is 16.6. The first kappa shape index (κ1) is 19.6. The number of carbonyl (C=O) groups is 1. The average molecular weight is 421 g/mol. The topological polar surface area (TPSA) is 102 Å². The summed E-state index contributed by atoms with van der Waals surface area (Å²) >= 11 is 1.52. The molecule has 2 N–H and O–H groups in total. The maximum absolute atomic E-state index is 12.9. The van der Waals surface area contributed by atoms with Gasteiger partial charge in [0.25, 0.3) is 11.5 Å². The lowest BCUT2D eigenvalue weighted by atomic mass is 10.2. The zero-order valence-corrected chi connectivity index (χ0v) is 17.4. The number of nitrogens with zero attached hydrogens (tertiary/aromatic N) is 3. The highest BCUT2D eigenvalue weighted by Gasteiger charge is 2.19. The second kappa shape index (κ2) is 7.96. The van der Waals surface area contributed by atoms with E-state index in [2.05, 4.69) is 20.4 Å². The molecule has 3 aromatic heterocycles. The molecule has 8 nitrogen and oxygen atoms in total. The third-order valence-electron chi connectivity index (χ3n) is 4.66. The number of amides is 1. The molecule has 1 aromatic carbocycles. The summed E-state index contributed by atoms with van der Waals surface area (Å²) in [6.07, 6.45) is 0. The minimum absolute atomic E-state index is 0.223. The third-order valence-corrected chi connectivity index (χ3v) is 5.55. The monoisotopic (exact) mass is 421 g/mol. The summed E-state index contributed by atoms with van der Waals surface area (Å²) in [5, 5.41) is 9.37. The van der Waals surface area contributed by atoms with Gasteiger partial charge in [0.1, 0.15) is 17.3 Å². The summed E-state index contributed by atoms with van der Waals surface area (Å²) in [5.74, 6) is 0.691. The van der Waals surface area contributed by atoms with Gasteiger partial charge in [0, 0.05) is 17.3 Å². The fourth-order valence-electron chi connectivity index (χ4n) is 2.92. The summed E-state index contributed by atoms with van der Waals surface area (Å²) < 4.78 is 6.71. The molecule has 9 heteroatoms. The molecule has 0 saturated heterocycles. The van der Waals surface area contributed by atoms with Crippen LogP contribution in [-0.2, 0) is 0 Å². The second-order valence-corrected chi connectivity index (χ2v) is 7.51. The third kappa shape index (κ3) is 3.62. The molecule has 0 bridgehead atoms. The van der Waals surface area contributed by atoms with E-state index in [1.165, 1.54) is 23.1 Å². The quantitative estimate of drug-likeness (QED) is 0.513. The predicted molar refractivity (Wildman–Crippen MR) is 116 cm³/mol. The van der Waals surface area contributed by atoms with Crippen LogP contribution in [0.3, 0.4) is 0 Å². The number of aromatic amines is 1. The fraction of sp³-hybridized carbons (Fsp3) is 0.143. The molecule has 1 amide bonds. The number of methoxy groups -OCH3 is 1. The predicted octanol–water partition coefficient (Wildman–Crippen LogP) is 3.56. The van der Waals surface area contributed by atoms with Gasteiger partial charge >= 0.3 is 0 Å². The molecular formula is C21H19N5O3S. The van der Waals surface area contributed by atoms with Gasteiger partial charge in [-0.1, -0.05) is 18.2 Å². The van der Waals surface area contributed by atoms with E-state index in [-0.39, 0.29) is 17.4 Å². The highest BCUT2D eigenvalue weighted by molar-refractivity contribution is 7.13. The number of anilines is 1. The first-order valence-electron chi connectivity index (χ1n) is 9.14. The Hall–Kier alpha value is -3.72. The standard InChI is InChI=1S/C21H19N5O3S/c1-12-13(2)22-21(24-19(12)27)26-18(11-15(25-26)17-9-6-10-30-17)23-20(28)14-7-4-5-8-16(14)29-3/h4-11H,1-3H3,(H,23,28)(H,22,24,27). The lowest BCUT2D eigenvalue weighted by Gasteiger charge is -2.11. The van der Waals surface area contributed by atoms with Gasteiger partial charge in [-0.2, -0.15) is 9.78 Å². The van der Waals surface area contributed by atoms with Crippen LogP contribution in [0.4, 0.5) is 5.82 Å². The summed E-state index contributed by atoms with van der Waals surface area (Å²) in [6.45, 7) is 3.46. The lowest BCUT2D eigenvalue weighted by Crippen LogP contribution is -2.21. The van der Waals surface area contributed by atoms with Crippen molar-refractivity contribution in [3.05, 3.63) is 75.0 Å². The van der Waals surface area contributed by atoms with Crippen LogP contribution in [0.15, 0.2) is 52.6 Å². The number of H-pyrrole nitrogens is 1. The first-order valence-corrected chi connectivity index (χ1v) is 10.0. The largest absolute Gasteiger partial charge is 0.496 e. The molecule has 0 atom stereocenters. The fourth-order valence-corrected chi connectivity index (χ4v) is 3.60. The maximum Gasteiger partial charge on any atom is 0.260 e. The van der Waals surface area contributed by atoms with Gasteiger partial charge in [-0.15, -0.1) is 11.3 Å². The zero-order chi connectivity index (χ0) is 21.3. The van der Waals surface area contributed by atoms with Gasteiger partial charge in [-0.05, 0) is 37.4 Å². The van der Waals surface area contributed by atoms with Crippen LogP contribution in [0.1, 0.15) is 21.6 Å². The number of benzene rings is 1. The summed E-state index contributed by atoms with van der Waals surface area (Å²) in [4.78, 5) is 33.3. The summed E-state index contributed by atoms with van der Waals surface area (Å²) in [6, 6.07) is 12.5. The number of aromatic nitrogens is 4. The molecule has 0 aliphatic carbocycles. The molecular weight excluding hydrogens is 402 g/mol. The molecule has 0 aliphatic rings. The minimum atomic E-state index is -0.363. The molecule has 152 valence electrons. The van der Waals surface area contributed by atoms with Gasteiger partial charge < -0.3 is 10.1 Å². The van der Waals surface area contributed by atoms with E-state index in [1.807, 2.05) is 17.5 Å². The van der Waals surface area contributed by atoms with Crippen molar-refractivity contribution in [3.8, 4) is 22.3 Å². The second-order valence-electron chi connectivity index (χ2n) is 6.56. The average Bonchev–Trinajstić information content (AvgIpc) is 3.41. The summed E-state index contributed by atoms with van der Waals surface area (Å²) in [5.41, 5.74) is 1.90. The Labute approximate surface area is 176 Å². The van der Waals surface area contributed by atoms with Crippen LogP contribution >= 0.6 is 11.3 Å². The molecule has 0 fully saturated rings. The van der Waals surface area contributed by atoms with E-state index in [1.54, 1.807) is 44.2 Å². The van der Waals surface area contributed by atoms with Gasteiger partial charge in [0.2, 0.25) is 5.95 Å². The Morgan fingerprint density at radius 3 is 2.70 bits per heavy atom. The molecule has 30 heavy (non-hydrogen) atoms. The van der Waals surface area contributed by atoms with Crippen molar-refractivity contribution < 1.29 is 9.53 Å².